The summed E-state index contributed by atoms with van der Waals surface area (Å²) in [7, 11) is 0. The van der Waals surface area contributed by atoms with Gasteiger partial charge in [0.05, 0.1) is 11.1 Å². The summed E-state index contributed by atoms with van der Waals surface area (Å²) in [4.78, 5) is 33.8. The SMILES string of the molecule is CC(C)c1cccc(C(C)C)c1NC(=O)CSc1nc2scc(-c3ccccc3)c2c(=O)[nH]1. The van der Waals surface area contributed by atoms with Gasteiger partial charge >= 0.3 is 0 Å². The highest BCUT2D eigenvalue weighted by Crippen LogP contribution is 2.33. The number of fused-ring (bicyclic) bond motifs is 1. The summed E-state index contributed by atoms with van der Waals surface area (Å²) in [5.74, 6) is 0.637. The van der Waals surface area contributed by atoms with Crippen LogP contribution in [0.5, 0.6) is 0 Å². The summed E-state index contributed by atoms with van der Waals surface area (Å²) in [5, 5.41) is 6.11. The third-order valence-electron chi connectivity index (χ3n) is 5.48. The quantitative estimate of drug-likeness (QED) is 0.231. The van der Waals surface area contributed by atoms with E-state index in [1.807, 2.05) is 41.8 Å². The molecule has 2 aromatic heterocycles. The second-order valence-electron chi connectivity index (χ2n) is 8.52. The minimum Gasteiger partial charge on any atom is -0.325 e. The number of hydrogen-bond acceptors (Lipinski definition) is 5. The molecule has 5 nitrogen and oxygen atoms in total. The smallest absolute Gasteiger partial charge is 0.260 e. The number of aromatic nitrogens is 2. The summed E-state index contributed by atoms with van der Waals surface area (Å²) >= 11 is 2.68. The molecule has 0 bridgehead atoms. The maximum atomic E-state index is 12.8. The molecule has 0 saturated carbocycles. The van der Waals surface area contributed by atoms with Crippen LogP contribution in [0.2, 0.25) is 0 Å². The van der Waals surface area contributed by atoms with Crippen molar-refractivity contribution in [2.24, 2.45) is 0 Å². The van der Waals surface area contributed by atoms with E-state index >= 15 is 0 Å². The molecule has 0 aliphatic carbocycles. The molecule has 0 saturated heterocycles. The molecule has 0 aliphatic heterocycles. The Kier molecular flexibility index (Phi) is 7.00. The van der Waals surface area contributed by atoms with E-state index in [1.54, 1.807) is 0 Å². The van der Waals surface area contributed by atoms with Crippen LogP contribution in [-0.4, -0.2) is 21.6 Å². The largest absolute Gasteiger partial charge is 0.325 e. The highest BCUT2D eigenvalue weighted by atomic mass is 32.2. The molecule has 4 aromatic rings. The van der Waals surface area contributed by atoms with E-state index in [9.17, 15) is 9.59 Å². The zero-order valence-corrected chi connectivity index (χ0v) is 20.8. The molecular formula is C26H27N3O2S2. The molecular weight excluding hydrogens is 450 g/mol. The number of carbonyl (C=O) groups excluding carboxylic acids is 1. The van der Waals surface area contributed by atoms with Gasteiger partial charge in [-0.2, -0.15) is 0 Å². The van der Waals surface area contributed by atoms with Crippen molar-refractivity contribution in [2.45, 2.75) is 44.7 Å². The van der Waals surface area contributed by atoms with Gasteiger partial charge in [0, 0.05) is 16.6 Å². The van der Waals surface area contributed by atoms with Crippen LogP contribution in [-0.2, 0) is 4.79 Å². The van der Waals surface area contributed by atoms with Crippen LogP contribution in [0.1, 0.15) is 50.7 Å². The highest BCUT2D eigenvalue weighted by molar-refractivity contribution is 7.99. The van der Waals surface area contributed by atoms with Crippen molar-refractivity contribution >= 4 is 44.9 Å². The normalized spacial score (nSPS) is 11.5. The molecule has 0 radical (unpaired) electrons. The number of H-pyrrole nitrogens is 1. The predicted octanol–water partition coefficient (Wildman–Crippen LogP) is 6.63. The van der Waals surface area contributed by atoms with E-state index in [4.69, 9.17) is 0 Å². The Morgan fingerprint density at radius 2 is 1.70 bits per heavy atom. The van der Waals surface area contributed by atoms with Gasteiger partial charge in [0.2, 0.25) is 5.91 Å². The maximum Gasteiger partial charge on any atom is 0.260 e. The van der Waals surface area contributed by atoms with Crippen LogP contribution >= 0.6 is 23.1 Å². The predicted molar refractivity (Wildman–Crippen MR) is 140 cm³/mol. The first-order chi connectivity index (χ1) is 15.8. The first-order valence-corrected chi connectivity index (χ1v) is 12.8. The van der Waals surface area contributed by atoms with Gasteiger partial charge in [-0.25, -0.2) is 4.98 Å². The van der Waals surface area contributed by atoms with Crippen molar-refractivity contribution in [3.63, 3.8) is 0 Å². The molecule has 170 valence electrons. The van der Waals surface area contributed by atoms with E-state index in [2.05, 4.69) is 55.1 Å². The zero-order chi connectivity index (χ0) is 23.5. The second kappa shape index (κ2) is 9.93. The average Bonchev–Trinajstić information content (AvgIpc) is 3.23. The van der Waals surface area contributed by atoms with Crippen LogP contribution in [0, 0.1) is 0 Å². The number of para-hydroxylation sites is 1. The van der Waals surface area contributed by atoms with Crippen molar-refractivity contribution in [2.75, 3.05) is 11.1 Å². The van der Waals surface area contributed by atoms with Crippen LogP contribution in [0.4, 0.5) is 5.69 Å². The third kappa shape index (κ3) is 5.04. The fourth-order valence-electron chi connectivity index (χ4n) is 3.83. The first-order valence-electron chi connectivity index (χ1n) is 11.0. The fourth-order valence-corrected chi connectivity index (χ4v) is 5.50. The lowest BCUT2D eigenvalue weighted by atomic mass is 9.92. The van der Waals surface area contributed by atoms with Crippen LogP contribution in [0.15, 0.2) is 63.9 Å². The van der Waals surface area contributed by atoms with E-state index < -0.39 is 0 Å². The van der Waals surface area contributed by atoms with E-state index in [0.29, 0.717) is 27.2 Å². The molecule has 2 heterocycles. The third-order valence-corrected chi connectivity index (χ3v) is 7.23. The van der Waals surface area contributed by atoms with Gasteiger partial charge in [0.1, 0.15) is 4.83 Å². The number of anilines is 1. The number of rotatable bonds is 7. The summed E-state index contributed by atoms with van der Waals surface area (Å²) in [6, 6.07) is 16.0. The Labute approximate surface area is 201 Å². The number of aromatic amines is 1. The Hall–Kier alpha value is -2.90. The Balaban J connectivity index is 1.53. The van der Waals surface area contributed by atoms with Gasteiger partial charge in [0.15, 0.2) is 5.16 Å². The molecule has 1 amide bonds. The Bertz CT molecular complexity index is 1310. The number of thiophene rings is 1. The van der Waals surface area contributed by atoms with Gasteiger partial charge < -0.3 is 10.3 Å². The number of thioether (sulfide) groups is 1. The number of amides is 1. The van der Waals surface area contributed by atoms with Crippen molar-refractivity contribution in [3.05, 3.63) is 75.4 Å². The Morgan fingerprint density at radius 1 is 1.03 bits per heavy atom. The lowest BCUT2D eigenvalue weighted by Gasteiger charge is -2.20. The summed E-state index contributed by atoms with van der Waals surface area (Å²) in [6.07, 6.45) is 0. The number of hydrogen-bond donors (Lipinski definition) is 2. The lowest BCUT2D eigenvalue weighted by Crippen LogP contribution is -2.18. The molecule has 2 N–H and O–H groups in total. The standard InChI is InChI=1S/C26H27N3O2S2/c1-15(2)18-11-8-12-19(16(3)4)23(18)27-21(30)14-33-26-28-24(31)22-20(13-32-25(22)29-26)17-9-6-5-7-10-17/h5-13,15-16H,14H2,1-4H3,(H,27,30)(H,28,29,31). The van der Waals surface area contributed by atoms with E-state index in [-0.39, 0.29) is 17.2 Å². The molecule has 2 aromatic carbocycles. The van der Waals surface area contributed by atoms with Crippen LogP contribution in [0.3, 0.4) is 0 Å². The molecule has 33 heavy (non-hydrogen) atoms. The molecule has 4 rings (SSSR count). The van der Waals surface area contributed by atoms with E-state index in [1.165, 1.54) is 23.1 Å². The number of carbonyl (C=O) groups is 1. The van der Waals surface area contributed by atoms with Crippen molar-refractivity contribution in [1.82, 2.24) is 9.97 Å². The van der Waals surface area contributed by atoms with Gasteiger partial charge in [-0.3, -0.25) is 9.59 Å². The maximum absolute atomic E-state index is 12.8. The molecule has 0 spiro atoms. The van der Waals surface area contributed by atoms with Crippen molar-refractivity contribution in [3.8, 4) is 11.1 Å². The molecule has 0 atom stereocenters. The number of nitrogens with zero attached hydrogens (tertiary/aromatic N) is 1. The zero-order valence-electron chi connectivity index (χ0n) is 19.1. The highest BCUT2D eigenvalue weighted by Gasteiger charge is 2.17. The lowest BCUT2D eigenvalue weighted by molar-refractivity contribution is -0.113. The monoisotopic (exact) mass is 477 g/mol. The Morgan fingerprint density at radius 3 is 2.33 bits per heavy atom. The average molecular weight is 478 g/mol. The summed E-state index contributed by atoms with van der Waals surface area (Å²) in [6.45, 7) is 8.49. The molecule has 0 unspecified atom stereocenters. The first kappa shape index (κ1) is 23.3. The van der Waals surface area contributed by atoms with Crippen LogP contribution in [0.25, 0.3) is 21.3 Å². The van der Waals surface area contributed by atoms with E-state index in [0.717, 1.165) is 27.9 Å². The molecule has 0 fully saturated rings. The topological polar surface area (TPSA) is 74.8 Å². The van der Waals surface area contributed by atoms with Crippen molar-refractivity contribution in [1.29, 1.82) is 0 Å². The molecule has 7 heteroatoms. The van der Waals surface area contributed by atoms with Gasteiger partial charge in [-0.05, 0) is 28.5 Å². The van der Waals surface area contributed by atoms with Gasteiger partial charge in [-0.1, -0.05) is 88.0 Å². The van der Waals surface area contributed by atoms with Crippen molar-refractivity contribution < 1.29 is 4.79 Å². The minimum atomic E-state index is -0.185. The fraction of sp³-hybridized carbons (Fsp3) is 0.269. The number of nitrogens with one attached hydrogen (secondary N) is 2. The second-order valence-corrected chi connectivity index (χ2v) is 10.3. The molecule has 0 aliphatic rings. The van der Waals surface area contributed by atoms with Gasteiger partial charge in [-0.15, -0.1) is 11.3 Å². The van der Waals surface area contributed by atoms with Gasteiger partial charge in [0.25, 0.3) is 5.56 Å². The van der Waals surface area contributed by atoms with Crippen LogP contribution < -0.4 is 10.9 Å². The minimum absolute atomic E-state index is 0.117. The summed E-state index contributed by atoms with van der Waals surface area (Å²) < 4.78 is 0. The summed E-state index contributed by atoms with van der Waals surface area (Å²) in [5.41, 5.74) is 4.83. The number of benzene rings is 2.